The number of carbonyl (C=O) groups is 3. The molecule has 176 valence electrons. The highest BCUT2D eigenvalue weighted by Gasteiger charge is 2.39. The highest BCUT2D eigenvalue weighted by molar-refractivity contribution is 5.86. The van der Waals surface area contributed by atoms with Crippen molar-refractivity contribution in [3.63, 3.8) is 0 Å². The van der Waals surface area contributed by atoms with E-state index in [-0.39, 0.29) is 42.2 Å². The summed E-state index contributed by atoms with van der Waals surface area (Å²) in [5, 5.41) is 0. The predicted octanol–water partition coefficient (Wildman–Crippen LogP) is 0.691. The SMILES string of the molecule is CC(C)(C)OC(=O)C[C@H]1CCN([C@H]2CCOC2)C1=O.N[C@H]1CCN([C@H]2CCOC2)C1=O. The minimum atomic E-state index is -0.488. The number of amides is 2. The number of nitrogens with two attached hydrogens (primary N) is 1. The Morgan fingerprint density at radius 2 is 1.52 bits per heavy atom. The molecule has 31 heavy (non-hydrogen) atoms. The standard InChI is InChI=1S/C14H23NO4.C8H14N2O2/c1-14(2,3)19-12(16)8-10-4-6-15(13(10)17)11-5-7-18-9-11;9-7-1-3-10(8(7)11)6-2-4-12-5-6/h10-11H,4-9H2,1-3H3;6-7H,1-5,9H2/t10-,11+;6-,7-/m10/s1. The van der Waals surface area contributed by atoms with Crippen LogP contribution in [0.4, 0.5) is 0 Å². The first-order valence-corrected chi connectivity index (χ1v) is 11.4. The molecule has 2 amide bonds. The molecule has 0 spiro atoms. The maximum Gasteiger partial charge on any atom is 0.307 e. The van der Waals surface area contributed by atoms with E-state index in [1.807, 2.05) is 30.6 Å². The van der Waals surface area contributed by atoms with Crippen molar-refractivity contribution in [3.8, 4) is 0 Å². The van der Waals surface area contributed by atoms with Crippen LogP contribution >= 0.6 is 0 Å². The van der Waals surface area contributed by atoms with Crippen LogP contribution in [0.3, 0.4) is 0 Å². The van der Waals surface area contributed by atoms with Gasteiger partial charge in [0.25, 0.3) is 0 Å². The molecular formula is C22H37N3O6. The Kier molecular flexibility index (Phi) is 7.93. The lowest BCUT2D eigenvalue weighted by Gasteiger charge is -2.23. The minimum Gasteiger partial charge on any atom is -0.460 e. The lowest BCUT2D eigenvalue weighted by atomic mass is 10.0. The molecule has 0 bridgehead atoms. The highest BCUT2D eigenvalue weighted by atomic mass is 16.6. The Morgan fingerprint density at radius 1 is 0.968 bits per heavy atom. The molecule has 0 radical (unpaired) electrons. The summed E-state index contributed by atoms with van der Waals surface area (Å²) in [6.45, 7) is 9.89. The lowest BCUT2D eigenvalue weighted by Crippen LogP contribution is -2.41. The van der Waals surface area contributed by atoms with Gasteiger partial charge < -0.3 is 29.7 Å². The van der Waals surface area contributed by atoms with Crippen molar-refractivity contribution in [1.82, 2.24) is 9.80 Å². The largest absolute Gasteiger partial charge is 0.460 e. The van der Waals surface area contributed by atoms with E-state index in [4.69, 9.17) is 19.9 Å². The fourth-order valence-electron chi connectivity index (χ4n) is 4.52. The van der Waals surface area contributed by atoms with E-state index in [2.05, 4.69) is 0 Å². The fourth-order valence-corrected chi connectivity index (χ4v) is 4.52. The van der Waals surface area contributed by atoms with E-state index in [0.717, 1.165) is 52.0 Å². The number of nitrogens with zero attached hydrogens (tertiary/aromatic N) is 2. The third-order valence-corrected chi connectivity index (χ3v) is 6.16. The van der Waals surface area contributed by atoms with Gasteiger partial charge in [0.15, 0.2) is 0 Å². The highest BCUT2D eigenvalue weighted by Crippen LogP contribution is 2.27. The van der Waals surface area contributed by atoms with Crippen molar-refractivity contribution in [3.05, 3.63) is 0 Å². The summed E-state index contributed by atoms with van der Waals surface area (Å²) >= 11 is 0. The van der Waals surface area contributed by atoms with Crippen LogP contribution in [-0.4, -0.2) is 90.8 Å². The molecule has 0 aliphatic carbocycles. The molecule has 4 aliphatic heterocycles. The number of ether oxygens (including phenoxy) is 3. The Balaban J connectivity index is 0.000000194. The molecule has 0 unspecified atom stereocenters. The van der Waals surface area contributed by atoms with Gasteiger partial charge in [0.2, 0.25) is 11.8 Å². The summed E-state index contributed by atoms with van der Waals surface area (Å²) < 4.78 is 15.8. The van der Waals surface area contributed by atoms with Gasteiger partial charge in [-0.3, -0.25) is 14.4 Å². The van der Waals surface area contributed by atoms with Gasteiger partial charge in [-0.05, 0) is 46.5 Å². The molecule has 4 saturated heterocycles. The summed E-state index contributed by atoms with van der Waals surface area (Å²) in [5.74, 6) is -0.308. The molecule has 4 rings (SSSR count). The molecular weight excluding hydrogens is 402 g/mol. The predicted molar refractivity (Wildman–Crippen MR) is 113 cm³/mol. The van der Waals surface area contributed by atoms with Crippen molar-refractivity contribution < 1.29 is 28.6 Å². The number of esters is 1. The molecule has 0 aromatic heterocycles. The van der Waals surface area contributed by atoms with Gasteiger partial charge >= 0.3 is 5.97 Å². The zero-order valence-corrected chi connectivity index (χ0v) is 19.0. The number of likely N-dealkylation sites (tertiary alicyclic amines) is 2. The van der Waals surface area contributed by atoms with E-state index >= 15 is 0 Å². The van der Waals surface area contributed by atoms with Gasteiger partial charge in [0.1, 0.15) is 5.60 Å². The number of rotatable bonds is 4. The van der Waals surface area contributed by atoms with Crippen LogP contribution in [0, 0.1) is 5.92 Å². The van der Waals surface area contributed by atoms with Gasteiger partial charge in [0, 0.05) is 26.3 Å². The third-order valence-electron chi connectivity index (χ3n) is 6.16. The Morgan fingerprint density at radius 3 is 1.97 bits per heavy atom. The van der Waals surface area contributed by atoms with Gasteiger partial charge in [0.05, 0.1) is 43.7 Å². The Labute approximate surface area is 184 Å². The summed E-state index contributed by atoms with van der Waals surface area (Å²) in [4.78, 5) is 39.2. The van der Waals surface area contributed by atoms with E-state index < -0.39 is 5.60 Å². The maximum absolute atomic E-state index is 12.3. The maximum atomic E-state index is 12.3. The van der Waals surface area contributed by atoms with E-state index in [1.165, 1.54) is 0 Å². The molecule has 4 aliphatic rings. The van der Waals surface area contributed by atoms with Crippen LogP contribution in [0.25, 0.3) is 0 Å². The number of hydrogen-bond donors (Lipinski definition) is 1. The van der Waals surface area contributed by atoms with Crippen molar-refractivity contribution in [1.29, 1.82) is 0 Å². The normalized spacial score (nSPS) is 31.2. The monoisotopic (exact) mass is 439 g/mol. The van der Waals surface area contributed by atoms with Crippen LogP contribution in [0.15, 0.2) is 0 Å². The first-order valence-electron chi connectivity index (χ1n) is 11.4. The van der Waals surface area contributed by atoms with Crippen molar-refractivity contribution in [2.24, 2.45) is 11.7 Å². The minimum absolute atomic E-state index is 0.0846. The molecule has 0 saturated carbocycles. The summed E-state index contributed by atoms with van der Waals surface area (Å²) in [6, 6.07) is 0.243. The molecule has 4 fully saturated rings. The Bertz CT molecular complexity index is 652. The first-order chi connectivity index (χ1) is 14.7. The average molecular weight is 440 g/mol. The number of carbonyl (C=O) groups excluding carboxylic acids is 3. The second kappa shape index (κ2) is 10.3. The molecule has 9 nitrogen and oxygen atoms in total. The Hall–Kier alpha value is -1.71. The van der Waals surface area contributed by atoms with Crippen LogP contribution in [-0.2, 0) is 28.6 Å². The van der Waals surface area contributed by atoms with E-state index in [0.29, 0.717) is 19.3 Å². The topological polar surface area (TPSA) is 111 Å². The summed E-state index contributed by atoms with van der Waals surface area (Å²) in [6.07, 6.45) is 3.62. The number of hydrogen-bond acceptors (Lipinski definition) is 7. The second-order valence-electron chi connectivity index (χ2n) is 9.77. The van der Waals surface area contributed by atoms with Crippen molar-refractivity contribution in [2.45, 2.75) is 76.6 Å². The van der Waals surface area contributed by atoms with Crippen LogP contribution in [0.2, 0.25) is 0 Å². The van der Waals surface area contributed by atoms with Crippen LogP contribution in [0.1, 0.15) is 52.9 Å². The average Bonchev–Trinajstić information content (AvgIpc) is 3.46. The molecule has 0 aromatic carbocycles. The smallest absolute Gasteiger partial charge is 0.307 e. The van der Waals surface area contributed by atoms with Gasteiger partial charge in [-0.2, -0.15) is 0 Å². The molecule has 4 atom stereocenters. The van der Waals surface area contributed by atoms with Crippen LogP contribution in [0.5, 0.6) is 0 Å². The van der Waals surface area contributed by atoms with Gasteiger partial charge in [-0.15, -0.1) is 0 Å². The quantitative estimate of drug-likeness (QED) is 0.642. The zero-order valence-electron chi connectivity index (χ0n) is 19.0. The van der Waals surface area contributed by atoms with Crippen LogP contribution < -0.4 is 5.73 Å². The van der Waals surface area contributed by atoms with Gasteiger partial charge in [-0.1, -0.05) is 0 Å². The molecule has 4 heterocycles. The van der Waals surface area contributed by atoms with E-state index in [1.54, 1.807) is 0 Å². The summed E-state index contributed by atoms with van der Waals surface area (Å²) in [5.41, 5.74) is 5.12. The molecule has 2 N–H and O–H groups in total. The van der Waals surface area contributed by atoms with Gasteiger partial charge in [-0.25, -0.2) is 0 Å². The third kappa shape index (κ3) is 6.40. The fraction of sp³-hybridized carbons (Fsp3) is 0.864. The lowest BCUT2D eigenvalue weighted by molar-refractivity contribution is -0.157. The molecule has 0 aromatic rings. The van der Waals surface area contributed by atoms with E-state index in [9.17, 15) is 14.4 Å². The van der Waals surface area contributed by atoms with Crippen molar-refractivity contribution in [2.75, 3.05) is 39.5 Å². The summed E-state index contributed by atoms with van der Waals surface area (Å²) in [7, 11) is 0. The molecule has 9 heteroatoms. The first kappa shape index (κ1) is 23.9. The second-order valence-corrected chi connectivity index (χ2v) is 9.77. The van der Waals surface area contributed by atoms with Crippen molar-refractivity contribution >= 4 is 17.8 Å². The zero-order chi connectivity index (χ0) is 22.6.